The Hall–Kier alpha value is -1.42. The molecule has 0 spiro atoms. The van der Waals surface area contributed by atoms with Crippen LogP contribution in [0.2, 0.25) is 0 Å². The zero-order valence-electron chi connectivity index (χ0n) is 12.1. The Morgan fingerprint density at radius 3 is 2.80 bits per heavy atom. The lowest BCUT2D eigenvalue weighted by molar-refractivity contribution is 0.0256. The van der Waals surface area contributed by atoms with E-state index in [0.717, 1.165) is 23.2 Å². The number of benzene rings is 1. The molecule has 0 radical (unpaired) electrons. The Kier molecular flexibility index (Phi) is 4.14. The number of rotatable bonds is 0. The number of alkyl halides is 1. The molecule has 0 fully saturated rings. The molecule has 0 saturated carbocycles. The molecule has 1 aromatic rings. The fourth-order valence-corrected chi connectivity index (χ4v) is 2.66. The Morgan fingerprint density at radius 1 is 1.45 bits per heavy atom. The minimum atomic E-state index is -0.498. The second-order valence-electron chi connectivity index (χ2n) is 6.10. The summed E-state index contributed by atoms with van der Waals surface area (Å²) < 4.78 is 5.41. The van der Waals surface area contributed by atoms with Crippen molar-refractivity contribution >= 4 is 23.4 Å². The van der Waals surface area contributed by atoms with E-state index in [4.69, 9.17) is 22.1 Å². The molecule has 1 unspecified atom stereocenters. The van der Waals surface area contributed by atoms with Crippen LogP contribution in [-0.4, -0.2) is 29.7 Å². The van der Waals surface area contributed by atoms with E-state index in [1.165, 1.54) is 0 Å². The van der Waals surface area contributed by atoms with Crippen molar-refractivity contribution in [3.8, 4) is 0 Å². The minimum Gasteiger partial charge on any atom is -0.444 e. The maximum Gasteiger partial charge on any atom is 0.410 e. The highest BCUT2D eigenvalue weighted by Gasteiger charge is 2.27. The molecule has 0 bridgehead atoms. The summed E-state index contributed by atoms with van der Waals surface area (Å²) in [6, 6.07) is 5.72. The number of nitrogens with zero attached hydrogens (tertiary/aromatic N) is 1. The first-order valence-corrected chi connectivity index (χ1v) is 7.20. The van der Waals surface area contributed by atoms with Crippen LogP contribution in [0.3, 0.4) is 0 Å². The molecule has 110 valence electrons. The van der Waals surface area contributed by atoms with E-state index < -0.39 is 5.60 Å². The number of carbonyl (C=O) groups is 1. The van der Waals surface area contributed by atoms with E-state index in [1.807, 2.05) is 39.0 Å². The second kappa shape index (κ2) is 5.52. The topological polar surface area (TPSA) is 55.6 Å². The Labute approximate surface area is 124 Å². The Balaban J connectivity index is 2.15. The molecule has 1 aliphatic rings. The zero-order chi connectivity index (χ0) is 14.9. The van der Waals surface area contributed by atoms with E-state index in [9.17, 15) is 4.79 Å². The van der Waals surface area contributed by atoms with Crippen molar-refractivity contribution in [3.05, 3.63) is 29.3 Å². The fraction of sp³-hybridized carbons (Fsp3) is 0.533. The summed E-state index contributed by atoms with van der Waals surface area (Å²) in [5.41, 5.74) is 8.19. The Morgan fingerprint density at radius 2 is 2.15 bits per heavy atom. The number of halogens is 1. The SMILES string of the molecule is CC(C)(C)OC(=O)N1CCc2cc(N)ccc2C(Cl)C1. The van der Waals surface area contributed by atoms with Crippen LogP contribution in [0.15, 0.2) is 18.2 Å². The molecule has 1 aliphatic heterocycles. The van der Waals surface area contributed by atoms with Gasteiger partial charge in [0.2, 0.25) is 0 Å². The van der Waals surface area contributed by atoms with Gasteiger partial charge in [0.1, 0.15) is 5.60 Å². The first-order valence-electron chi connectivity index (χ1n) is 6.76. The molecule has 5 heteroatoms. The van der Waals surface area contributed by atoms with Gasteiger partial charge in [-0.2, -0.15) is 0 Å². The first kappa shape index (κ1) is 15.0. The monoisotopic (exact) mass is 296 g/mol. The van der Waals surface area contributed by atoms with Crippen molar-refractivity contribution in [3.63, 3.8) is 0 Å². The summed E-state index contributed by atoms with van der Waals surface area (Å²) in [6.45, 7) is 6.62. The molecule has 0 aliphatic carbocycles. The van der Waals surface area contributed by atoms with Crippen LogP contribution in [0.25, 0.3) is 0 Å². The number of ether oxygens (including phenoxy) is 1. The van der Waals surface area contributed by atoms with Crippen molar-refractivity contribution < 1.29 is 9.53 Å². The molecular formula is C15H21ClN2O2. The van der Waals surface area contributed by atoms with Gasteiger partial charge in [-0.05, 0) is 50.5 Å². The highest BCUT2D eigenvalue weighted by molar-refractivity contribution is 6.21. The van der Waals surface area contributed by atoms with Gasteiger partial charge in [-0.15, -0.1) is 11.6 Å². The largest absolute Gasteiger partial charge is 0.444 e. The summed E-state index contributed by atoms with van der Waals surface area (Å²) >= 11 is 6.42. The number of hydrogen-bond donors (Lipinski definition) is 1. The molecule has 0 saturated heterocycles. The van der Waals surface area contributed by atoms with Crippen molar-refractivity contribution in [1.82, 2.24) is 4.90 Å². The minimum absolute atomic E-state index is 0.236. The number of anilines is 1. The normalized spacial score (nSPS) is 19.2. The molecule has 1 atom stereocenters. The van der Waals surface area contributed by atoms with Crippen LogP contribution in [0, 0.1) is 0 Å². The highest BCUT2D eigenvalue weighted by Crippen LogP contribution is 2.30. The molecular weight excluding hydrogens is 276 g/mol. The average Bonchev–Trinajstić information content (AvgIpc) is 2.46. The number of amides is 1. The third-order valence-electron chi connectivity index (χ3n) is 3.19. The smallest absolute Gasteiger partial charge is 0.410 e. The van der Waals surface area contributed by atoms with Gasteiger partial charge in [-0.3, -0.25) is 0 Å². The number of hydrogen-bond acceptors (Lipinski definition) is 3. The zero-order valence-corrected chi connectivity index (χ0v) is 12.9. The van der Waals surface area contributed by atoms with E-state index in [1.54, 1.807) is 4.90 Å². The van der Waals surface area contributed by atoms with Crippen LogP contribution >= 0.6 is 11.6 Å². The summed E-state index contributed by atoms with van der Waals surface area (Å²) in [4.78, 5) is 13.8. The first-order chi connectivity index (χ1) is 9.26. The molecule has 2 N–H and O–H groups in total. The van der Waals surface area contributed by atoms with Crippen molar-refractivity contribution in [2.45, 2.75) is 38.2 Å². The van der Waals surface area contributed by atoms with Crippen LogP contribution < -0.4 is 5.73 Å². The number of fused-ring (bicyclic) bond motifs is 1. The molecule has 4 nitrogen and oxygen atoms in total. The number of nitrogens with two attached hydrogens (primary N) is 1. The average molecular weight is 297 g/mol. The summed E-state index contributed by atoms with van der Waals surface area (Å²) in [7, 11) is 0. The van der Waals surface area contributed by atoms with Crippen LogP contribution in [-0.2, 0) is 11.2 Å². The fourth-order valence-electron chi connectivity index (χ4n) is 2.28. The molecule has 1 heterocycles. The molecule has 1 amide bonds. The second-order valence-corrected chi connectivity index (χ2v) is 6.63. The highest BCUT2D eigenvalue weighted by atomic mass is 35.5. The van der Waals surface area contributed by atoms with Gasteiger partial charge in [-0.25, -0.2) is 4.79 Å². The summed E-state index contributed by atoms with van der Waals surface area (Å²) in [5, 5.41) is -0.236. The van der Waals surface area contributed by atoms with Gasteiger partial charge >= 0.3 is 6.09 Å². The van der Waals surface area contributed by atoms with E-state index >= 15 is 0 Å². The lowest BCUT2D eigenvalue weighted by Gasteiger charge is -2.27. The number of nitrogen functional groups attached to an aromatic ring is 1. The molecule has 0 aromatic heterocycles. The van der Waals surface area contributed by atoms with Gasteiger partial charge < -0.3 is 15.4 Å². The van der Waals surface area contributed by atoms with Gasteiger partial charge in [0.25, 0.3) is 0 Å². The van der Waals surface area contributed by atoms with Crippen LogP contribution in [0.5, 0.6) is 0 Å². The summed E-state index contributed by atoms with van der Waals surface area (Å²) in [5.74, 6) is 0. The molecule has 2 rings (SSSR count). The quantitative estimate of drug-likeness (QED) is 0.590. The Bertz CT molecular complexity index is 511. The third kappa shape index (κ3) is 3.57. The van der Waals surface area contributed by atoms with E-state index in [2.05, 4.69) is 0 Å². The maximum absolute atomic E-state index is 12.2. The van der Waals surface area contributed by atoms with Gasteiger partial charge in [-0.1, -0.05) is 6.07 Å². The predicted octanol–water partition coefficient (Wildman–Crippen LogP) is 3.34. The van der Waals surface area contributed by atoms with Crippen LogP contribution in [0.4, 0.5) is 10.5 Å². The van der Waals surface area contributed by atoms with Crippen molar-refractivity contribution in [2.75, 3.05) is 18.8 Å². The van der Waals surface area contributed by atoms with Gasteiger partial charge in [0, 0.05) is 18.8 Å². The standard InChI is InChI=1S/C15H21ClN2O2/c1-15(2,3)20-14(19)18-7-6-10-8-11(17)4-5-12(10)13(16)9-18/h4-5,8,13H,6-7,9,17H2,1-3H3. The van der Waals surface area contributed by atoms with Gasteiger partial charge in [0.15, 0.2) is 0 Å². The van der Waals surface area contributed by atoms with E-state index in [0.29, 0.717) is 13.1 Å². The maximum atomic E-state index is 12.2. The van der Waals surface area contributed by atoms with E-state index in [-0.39, 0.29) is 11.5 Å². The lowest BCUT2D eigenvalue weighted by atomic mass is 10.0. The summed E-state index contributed by atoms with van der Waals surface area (Å²) in [6.07, 6.45) is 0.423. The van der Waals surface area contributed by atoms with Crippen molar-refractivity contribution in [1.29, 1.82) is 0 Å². The number of carbonyl (C=O) groups excluding carboxylic acids is 1. The van der Waals surface area contributed by atoms with Gasteiger partial charge in [0.05, 0.1) is 5.38 Å². The van der Waals surface area contributed by atoms with Crippen LogP contribution in [0.1, 0.15) is 37.3 Å². The van der Waals surface area contributed by atoms with Crippen molar-refractivity contribution in [2.24, 2.45) is 0 Å². The predicted molar refractivity (Wildman–Crippen MR) is 81.0 cm³/mol. The molecule has 20 heavy (non-hydrogen) atoms. The lowest BCUT2D eigenvalue weighted by Crippen LogP contribution is -2.38. The molecule has 1 aromatic carbocycles. The third-order valence-corrected chi connectivity index (χ3v) is 3.56.